The second-order valence-corrected chi connectivity index (χ2v) is 5.00. The summed E-state index contributed by atoms with van der Waals surface area (Å²) in [6, 6.07) is 2.14. The Labute approximate surface area is 103 Å². The minimum absolute atomic E-state index is 0.216. The van der Waals surface area contributed by atoms with Crippen LogP contribution in [0, 0.1) is 0 Å². The van der Waals surface area contributed by atoms with E-state index in [1.54, 1.807) is 6.08 Å². The summed E-state index contributed by atoms with van der Waals surface area (Å²) in [6.45, 7) is 11.6. The Morgan fingerprint density at radius 2 is 2.29 bits per heavy atom. The Hall–Kier alpha value is -1.13. The number of hydrogen-bond acceptors (Lipinski definition) is 3. The highest BCUT2D eigenvalue weighted by Crippen LogP contribution is 2.33. The largest absolute Gasteiger partial charge is 0.375 e. The van der Waals surface area contributed by atoms with Crippen molar-refractivity contribution in [3.05, 3.63) is 30.1 Å². The number of fused-ring (bicyclic) bond motifs is 1. The lowest BCUT2D eigenvalue weighted by molar-refractivity contribution is -0.0483. The molecule has 2 rings (SSSR count). The van der Waals surface area contributed by atoms with Crippen LogP contribution in [0.15, 0.2) is 18.7 Å². The molecule has 1 aromatic rings. The fraction of sp³-hybridized carbons (Fsp3) is 0.615. The Kier molecular flexibility index (Phi) is 3.10. The van der Waals surface area contributed by atoms with Crippen molar-refractivity contribution in [1.29, 1.82) is 0 Å². The van der Waals surface area contributed by atoms with E-state index in [1.807, 2.05) is 0 Å². The SMILES string of the molecule is C=CC(O)N1CCn2nc(CC)cc2C1(C)C. The van der Waals surface area contributed by atoms with E-state index in [0.717, 1.165) is 25.2 Å². The Bertz CT molecular complexity index is 422. The van der Waals surface area contributed by atoms with Crippen LogP contribution in [0.5, 0.6) is 0 Å². The lowest BCUT2D eigenvalue weighted by Crippen LogP contribution is -2.52. The van der Waals surface area contributed by atoms with Crippen LogP contribution in [0.2, 0.25) is 0 Å². The highest BCUT2D eigenvalue weighted by atomic mass is 16.3. The summed E-state index contributed by atoms with van der Waals surface area (Å²) >= 11 is 0. The molecule has 0 amide bonds. The molecule has 1 atom stereocenters. The molecule has 0 radical (unpaired) electrons. The highest BCUT2D eigenvalue weighted by Gasteiger charge is 2.38. The van der Waals surface area contributed by atoms with Gasteiger partial charge in [-0.15, -0.1) is 0 Å². The molecule has 94 valence electrons. The normalized spacial score (nSPS) is 20.9. The highest BCUT2D eigenvalue weighted by molar-refractivity contribution is 5.21. The molecule has 0 spiro atoms. The van der Waals surface area contributed by atoms with Gasteiger partial charge in [-0.3, -0.25) is 9.58 Å². The van der Waals surface area contributed by atoms with Crippen molar-refractivity contribution >= 4 is 0 Å². The maximum atomic E-state index is 9.99. The van der Waals surface area contributed by atoms with E-state index >= 15 is 0 Å². The molecule has 1 aromatic heterocycles. The average Bonchev–Trinajstić information content (AvgIpc) is 2.72. The molecule has 2 heterocycles. The van der Waals surface area contributed by atoms with E-state index in [-0.39, 0.29) is 5.54 Å². The zero-order chi connectivity index (χ0) is 12.6. The van der Waals surface area contributed by atoms with E-state index < -0.39 is 6.23 Å². The van der Waals surface area contributed by atoms with Gasteiger partial charge in [0.25, 0.3) is 0 Å². The van der Waals surface area contributed by atoms with Crippen molar-refractivity contribution in [2.45, 2.75) is 45.5 Å². The third-order valence-electron chi connectivity index (χ3n) is 3.62. The van der Waals surface area contributed by atoms with Crippen LogP contribution in [0.1, 0.15) is 32.2 Å². The number of nitrogens with zero attached hydrogens (tertiary/aromatic N) is 3. The van der Waals surface area contributed by atoms with Gasteiger partial charge >= 0.3 is 0 Å². The first kappa shape index (κ1) is 12.3. The van der Waals surface area contributed by atoms with Gasteiger partial charge in [-0.2, -0.15) is 5.10 Å². The van der Waals surface area contributed by atoms with Gasteiger partial charge in [-0.1, -0.05) is 13.5 Å². The van der Waals surface area contributed by atoms with Crippen molar-refractivity contribution in [2.24, 2.45) is 0 Å². The first-order chi connectivity index (χ1) is 8.00. The van der Waals surface area contributed by atoms with Crippen LogP contribution in [0.3, 0.4) is 0 Å². The average molecular weight is 235 g/mol. The van der Waals surface area contributed by atoms with Gasteiger partial charge in [0, 0.05) is 6.54 Å². The smallest absolute Gasteiger partial charge is 0.127 e. The minimum atomic E-state index is -0.598. The van der Waals surface area contributed by atoms with E-state index in [1.165, 1.54) is 5.69 Å². The summed E-state index contributed by atoms with van der Waals surface area (Å²) in [5.74, 6) is 0. The molecule has 1 aliphatic rings. The molecule has 17 heavy (non-hydrogen) atoms. The number of hydrogen-bond donors (Lipinski definition) is 1. The molecular formula is C13H21N3O. The van der Waals surface area contributed by atoms with Crippen molar-refractivity contribution in [3.8, 4) is 0 Å². The number of aromatic nitrogens is 2. The van der Waals surface area contributed by atoms with Gasteiger partial charge in [0.05, 0.1) is 23.5 Å². The number of aliphatic hydroxyl groups is 1. The van der Waals surface area contributed by atoms with Crippen LogP contribution in [-0.4, -0.2) is 32.6 Å². The molecule has 0 aromatic carbocycles. The van der Waals surface area contributed by atoms with Crippen molar-refractivity contribution in [3.63, 3.8) is 0 Å². The molecule has 0 saturated heterocycles. The maximum absolute atomic E-state index is 9.99. The van der Waals surface area contributed by atoms with Gasteiger partial charge in [0.1, 0.15) is 6.23 Å². The summed E-state index contributed by atoms with van der Waals surface area (Å²) in [5.41, 5.74) is 2.07. The standard InChI is InChI=1S/C13H21N3O/c1-5-10-9-11-13(3,4)15(12(17)6-2)7-8-16(11)14-10/h6,9,12,17H,2,5,7-8H2,1,3-4H3. The molecular weight excluding hydrogens is 214 g/mol. The summed E-state index contributed by atoms with van der Waals surface area (Å²) in [7, 11) is 0. The minimum Gasteiger partial charge on any atom is -0.375 e. The fourth-order valence-corrected chi connectivity index (χ4v) is 2.53. The Morgan fingerprint density at radius 3 is 2.88 bits per heavy atom. The van der Waals surface area contributed by atoms with E-state index in [2.05, 4.69) is 48.1 Å². The van der Waals surface area contributed by atoms with Crippen LogP contribution in [0.25, 0.3) is 0 Å². The molecule has 1 unspecified atom stereocenters. The topological polar surface area (TPSA) is 41.3 Å². The summed E-state index contributed by atoms with van der Waals surface area (Å²) in [4.78, 5) is 2.05. The van der Waals surface area contributed by atoms with E-state index in [0.29, 0.717) is 0 Å². The van der Waals surface area contributed by atoms with Gasteiger partial charge < -0.3 is 5.11 Å². The second-order valence-electron chi connectivity index (χ2n) is 5.00. The first-order valence-corrected chi connectivity index (χ1v) is 6.15. The van der Waals surface area contributed by atoms with E-state index in [4.69, 9.17) is 0 Å². The molecule has 0 aliphatic carbocycles. The summed E-state index contributed by atoms with van der Waals surface area (Å²) < 4.78 is 2.06. The third-order valence-corrected chi connectivity index (χ3v) is 3.62. The van der Waals surface area contributed by atoms with Crippen LogP contribution in [-0.2, 0) is 18.5 Å². The van der Waals surface area contributed by atoms with E-state index in [9.17, 15) is 5.11 Å². The quantitative estimate of drug-likeness (QED) is 0.807. The van der Waals surface area contributed by atoms with Crippen molar-refractivity contribution in [1.82, 2.24) is 14.7 Å². The van der Waals surface area contributed by atoms with Gasteiger partial charge in [0.2, 0.25) is 0 Å². The number of aliphatic hydroxyl groups excluding tert-OH is 1. The zero-order valence-corrected chi connectivity index (χ0v) is 10.8. The lowest BCUT2D eigenvalue weighted by atomic mass is 9.94. The monoisotopic (exact) mass is 235 g/mol. The maximum Gasteiger partial charge on any atom is 0.127 e. The molecule has 0 fully saturated rings. The molecule has 4 nitrogen and oxygen atoms in total. The van der Waals surface area contributed by atoms with Crippen LogP contribution >= 0.6 is 0 Å². The second kappa shape index (κ2) is 4.27. The van der Waals surface area contributed by atoms with Crippen molar-refractivity contribution < 1.29 is 5.11 Å². The Morgan fingerprint density at radius 1 is 1.59 bits per heavy atom. The molecule has 1 aliphatic heterocycles. The Balaban J connectivity index is 2.40. The first-order valence-electron chi connectivity index (χ1n) is 6.15. The summed E-state index contributed by atoms with van der Waals surface area (Å²) in [5, 5.41) is 14.6. The lowest BCUT2D eigenvalue weighted by Gasteiger charge is -2.44. The van der Waals surface area contributed by atoms with Gasteiger partial charge in [-0.25, -0.2) is 0 Å². The van der Waals surface area contributed by atoms with Gasteiger partial charge in [-0.05, 0) is 32.4 Å². The molecule has 0 bridgehead atoms. The third kappa shape index (κ3) is 1.91. The van der Waals surface area contributed by atoms with Gasteiger partial charge in [0.15, 0.2) is 0 Å². The number of rotatable bonds is 3. The summed E-state index contributed by atoms with van der Waals surface area (Å²) in [6.07, 6.45) is 1.92. The number of aryl methyl sites for hydroxylation is 1. The predicted octanol–water partition coefficient (Wildman–Crippen LogP) is 1.50. The zero-order valence-electron chi connectivity index (χ0n) is 10.8. The van der Waals surface area contributed by atoms with Crippen molar-refractivity contribution in [2.75, 3.05) is 6.54 Å². The molecule has 0 saturated carbocycles. The van der Waals surface area contributed by atoms with Crippen LogP contribution in [0.4, 0.5) is 0 Å². The molecule has 1 N–H and O–H groups in total. The predicted molar refractivity (Wildman–Crippen MR) is 67.5 cm³/mol. The molecule has 4 heteroatoms. The fourth-order valence-electron chi connectivity index (χ4n) is 2.53. The van der Waals surface area contributed by atoms with Crippen LogP contribution < -0.4 is 0 Å².